The number of rotatable bonds is 12. The van der Waals surface area contributed by atoms with E-state index in [4.69, 9.17) is 25.8 Å². The van der Waals surface area contributed by atoms with Crippen molar-refractivity contribution in [2.24, 2.45) is 0 Å². The lowest BCUT2D eigenvalue weighted by Crippen LogP contribution is -2.41. The van der Waals surface area contributed by atoms with Gasteiger partial charge in [-0.25, -0.2) is 13.3 Å². The van der Waals surface area contributed by atoms with Crippen LogP contribution in [0.3, 0.4) is 0 Å². The highest BCUT2D eigenvalue weighted by Crippen LogP contribution is 2.08. The summed E-state index contributed by atoms with van der Waals surface area (Å²) in [6.45, 7) is 3.46. The molecule has 0 fully saturated rings. The molecule has 0 saturated heterocycles. The summed E-state index contributed by atoms with van der Waals surface area (Å²) in [6, 6.07) is 0. The number of hydrogen-bond donors (Lipinski definition) is 2. The summed E-state index contributed by atoms with van der Waals surface area (Å²) in [7, 11) is -7.32. The summed E-state index contributed by atoms with van der Waals surface area (Å²) in [4.78, 5) is 2.40. The van der Waals surface area contributed by atoms with Crippen LogP contribution in [0, 0.1) is 0 Å². The molecule has 0 amide bonds. The average molecular weight is 368 g/mol. The van der Waals surface area contributed by atoms with E-state index in [0.717, 1.165) is 0 Å². The minimum atomic E-state index is -4.02. The van der Waals surface area contributed by atoms with Gasteiger partial charge < -0.3 is 9.47 Å². The molecular weight excluding hydrogens is 346 g/mol. The van der Waals surface area contributed by atoms with Crippen LogP contribution in [-0.2, 0) is 29.4 Å². The smallest absolute Gasteiger partial charge is 0.267 e. The molecule has 21 heavy (non-hydrogen) atoms. The molecule has 0 aromatic rings. The van der Waals surface area contributed by atoms with Gasteiger partial charge >= 0.3 is 0 Å². The molecule has 0 radical (unpaired) electrons. The maximum atomic E-state index is 11.7. The van der Waals surface area contributed by atoms with E-state index in [0.29, 0.717) is 0 Å². The van der Waals surface area contributed by atoms with Gasteiger partial charge in [0.2, 0.25) is 0 Å². The molecule has 0 aliphatic carbocycles. The molecule has 2 N–H and O–H groups in total. The lowest BCUT2D eigenvalue weighted by molar-refractivity contribution is 0.0593. The van der Waals surface area contributed by atoms with Crippen LogP contribution < -0.4 is 4.84 Å². The zero-order valence-corrected chi connectivity index (χ0v) is 14.4. The third-order valence-electron chi connectivity index (χ3n) is 2.23. The van der Waals surface area contributed by atoms with Crippen molar-refractivity contribution >= 4 is 31.7 Å². The zero-order chi connectivity index (χ0) is 16.6. The topological polar surface area (TPSA) is 119 Å². The standard InChI is InChI=1S/C10H22ClNO7S2/c1-10(2,12-11)9-20(13,14)7-5-18-3-4-19-6-8-21(15,16)17/h12H,3-9H2,1-2H3,(H,15,16,17). The summed E-state index contributed by atoms with van der Waals surface area (Å²) in [5.74, 6) is -0.736. The lowest BCUT2D eigenvalue weighted by Gasteiger charge is -2.21. The van der Waals surface area contributed by atoms with Crippen LogP contribution >= 0.6 is 11.8 Å². The Kier molecular flexibility index (Phi) is 9.25. The van der Waals surface area contributed by atoms with Gasteiger partial charge in [0.15, 0.2) is 9.84 Å². The van der Waals surface area contributed by atoms with Crippen molar-refractivity contribution in [3.63, 3.8) is 0 Å². The van der Waals surface area contributed by atoms with E-state index in [9.17, 15) is 16.8 Å². The minimum Gasteiger partial charge on any atom is -0.378 e. The summed E-state index contributed by atoms with van der Waals surface area (Å²) < 4.78 is 62.7. The Morgan fingerprint density at radius 1 is 1.00 bits per heavy atom. The van der Waals surface area contributed by atoms with Gasteiger partial charge in [-0.1, -0.05) is 0 Å². The molecule has 0 bridgehead atoms. The van der Waals surface area contributed by atoms with Crippen LogP contribution in [0.5, 0.6) is 0 Å². The van der Waals surface area contributed by atoms with Crippen molar-refractivity contribution in [1.82, 2.24) is 4.84 Å². The highest BCUT2D eigenvalue weighted by atomic mass is 35.5. The van der Waals surface area contributed by atoms with E-state index in [1.54, 1.807) is 13.8 Å². The quantitative estimate of drug-likeness (QED) is 0.277. The summed E-state index contributed by atoms with van der Waals surface area (Å²) in [5, 5.41) is 0. The Labute approximate surface area is 130 Å². The Bertz CT molecular complexity index is 490. The fraction of sp³-hybridized carbons (Fsp3) is 1.00. The summed E-state index contributed by atoms with van der Waals surface area (Å²) >= 11 is 5.44. The number of halogens is 1. The average Bonchev–Trinajstić information content (AvgIpc) is 2.30. The number of nitrogens with one attached hydrogen (secondary N) is 1. The Morgan fingerprint density at radius 3 is 1.90 bits per heavy atom. The predicted molar refractivity (Wildman–Crippen MR) is 79.8 cm³/mol. The molecule has 0 rings (SSSR count). The second-order valence-electron chi connectivity index (χ2n) is 5.08. The summed E-state index contributed by atoms with van der Waals surface area (Å²) in [5.41, 5.74) is -0.723. The Hall–Kier alpha value is 0.0300. The Morgan fingerprint density at radius 2 is 1.48 bits per heavy atom. The molecule has 0 aromatic carbocycles. The molecule has 0 aliphatic heterocycles. The van der Waals surface area contributed by atoms with Crippen molar-refractivity contribution in [3.05, 3.63) is 0 Å². The molecular formula is C10H22ClNO7S2. The molecule has 0 saturated carbocycles. The van der Waals surface area contributed by atoms with Crippen molar-refractivity contribution in [1.29, 1.82) is 0 Å². The van der Waals surface area contributed by atoms with E-state index in [2.05, 4.69) is 4.84 Å². The van der Waals surface area contributed by atoms with Gasteiger partial charge in [0.25, 0.3) is 10.1 Å². The highest BCUT2D eigenvalue weighted by Gasteiger charge is 2.25. The Balaban J connectivity index is 3.72. The molecule has 0 unspecified atom stereocenters. The number of ether oxygens (including phenoxy) is 2. The molecule has 11 heteroatoms. The van der Waals surface area contributed by atoms with Gasteiger partial charge in [-0.05, 0) is 25.6 Å². The molecule has 0 heterocycles. The van der Waals surface area contributed by atoms with E-state index < -0.39 is 31.2 Å². The third kappa shape index (κ3) is 13.4. The van der Waals surface area contributed by atoms with Crippen LogP contribution in [0.25, 0.3) is 0 Å². The first-order chi connectivity index (χ1) is 9.47. The SMILES string of the molecule is CC(C)(CS(=O)(=O)CCOCCOCCS(=O)(=O)O)NCl. The minimum absolute atomic E-state index is 0.0162. The maximum Gasteiger partial charge on any atom is 0.267 e. The van der Waals surface area contributed by atoms with E-state index >= 15 is 0 Å². The number of sulfone groups is 1. The third-order valence-corrected chi connectivity index (χ3v) is 5.38. The van der Waals surface area contributed by atoms with Crippen LogP contribution in [0.1, 0.15) is 13.8 Å². The normalized spacial score (nSPS) is 13.5. The van der Waals surface area contributed by atoms with Crippen LogP contribution in [0.4, 0.5) is 0 Å². The number of hydrogen-bond acceptors (Lipinski definition) is 7. The molecule has 0 spiro atoms. The van der Waals surface area contributed by atoms with Crippen LogP contribution in [0.15, 0.2) is 0 Å². The largest absolute Gasteiger partial charge is 0.378 e. The second kappa shape index (κ2) is 9.23. The van der Waals surface area contributed by atoms with Crippen molar-refractivity contribution in [2.75, 3.05) is 43.7 Å². The van der Waals surface area contributed by atoms with E-state index in [-0.39, 0.29) is 37.9 Å². The van der Waals surface area contributed by atoms with Crippen molar-refractivity contribution < 1.29 is 30.9 Å². The first-order valence-corrected chi connectivity index (χ1v) is 9.97. The van der Waals surface area contributed by atoms with Gasteiger partial charge in [0.05, 0.1) is 43.7 Å². The van der Waals surface area contributed by atoms with E-state index in [1.165, 1.54) is 0 Å². The van der Waals surface area contributed by atoms with Gasteiger partial charge in [0.1, 0.15) is 0 Å². The van der Waals surface area contributed by atoms with E-state index in [1.807, 2.05) is 0 Å². The van der Waals surface area contributed by atoms with Gasteiger partial charge in [-0.15, -0.1) is 0 Å². The fourth-order valence-electron chi connectivity index (χ4n) is 1.32. The molecule has 0 aromatic heterocycles. The lowest BCUT2D eigenvalue weighted by atomic mass is 10.1. The molecule has 8 nitrogen and oxygen atoms in total. The highest BCUT2D eigenvalue weighted by molar-refractivity contribution is 7.91. The predicted octanol–water partition coefficient (Wildman–Crippen LogP) is -0.156. The molecule has 0 aliphatic rings. The molecule has 128 valence electrons. The monoisotopic (exact) mass is 367 g/mol. The molecule has 0 atom stereocenters. The van der Waals surface area contributed by atoms with Crippen LogP contribution in [0.2, 0.25) is 0 Å². The maximum absolute atomic E-state index is 11.7. The zero-order valence-electron chi connectivity index (χ0n) is 12.0. The van der Waals surface area contributed by atoms with Crippen molar-refractivity contribution in [3.8, 4) is 0 Å². The first-order valence-electron chi connectivity index (χ1n) is 6.16. The first kappa shape index (κ1) is 21.0. The second-order valence-corrected chi connectivity index (χ2v) is 9.03. The van der Waals surface area contributed by atoms with Gasteiger partial charge in [-0.2, -0.15) is 8.42 Å². The van der Waals surface area contributed by atoms with Gasteiger partial charge in [-0.3, -0.25) is 4.55 Å². The summed E-state index contributed by atoms with van der Waals surface area (Å²) in [6.07, 6.45) is 0. The van der Waals surface area contributed by atoms with Crippen molar-refractivity contribution in [2.45, 2.75) is 19.4 Å². The fourth-order valence-corrected chi connectivity index (χ4v) is 3.48. The van der Waals surface area contributed by atoms with Gasteiger partial charge in [0, 0.05) is 5.54 Å². The van der Waals surface area contributed by atoms with Crippen LogP contribution in [-0.4, -0.2) is 70.6 Å².